The summed E-state index contributed by atoms with van der Waals surface area (Å²) in [5, 5.41) is 9.46. The van der Waals surface area contributed by atoms with Crippen LogP contribution in [-0.4, -0.2) is 34.2 Å². The van der Waals surface area contributed by atoms with Gasteiger partial charge in [-0.2, -0.15) is 23.5 Å². The van der Waals surface area contributed by atoms with Gasteiger partial charge in [-0.1, -0.05) is 13.8 Å². The number of hydrogen-bond acceptors (Lipinski definition) is 3. The molecule has 3 heteroatoms. The summed E-state index contributed by atoms with van der Waals surface area (Å²) < 4.78 is 0. The quantitative estimate of drug-likeness (QED) is 0.619. The Morgan fingerprint density at radius 3 is 1.75 bits per heavy atom. The Morgan fingerprint density at radius 1 is 1.00 bits per heavy atom. The van der Waals surface area contributed by atoms with Gasteiger partial charge >= 0.3 is 0 Å². The first-order valence-electron chi connectivity index (χ1n) is 4.64. The van der Waals surface area contributed by atoms with E-state index in [-0.39, 0.29) is 6.10 Å². The lowest BCUT2D eigenvalue weighted by atomic mass is 10.5. The second-order valence-electron chi connectivity index (χ2n) is 2.80. The van der Waals surface area contributed by atoms with Crippen LogP contribution in [0.4, 0.5) is 0 Å². The second-order valence-corrected chi connectivity index (χ2v) is 5.10. The molecule has 1 N–H and O–H groups in total. The van der Waals surface area contributed by atoms with Crippen molar-refractivity contribution in [1.82, 2.24) is 0 Å². The van der Waals surface area contributed by atoms with E-state index in [1.165, 1.54) is 24.3 Å². The molecule has 0 atom stereocenters. The molecule has 0 fully saturated rings. The third-order valence-electron chi connectivity index (χ3n) is 1.32. The van der Waals surface area contributed by atoms with Gasteiger partial charge in [0.1, 0.15) is 0 Å². The Kier molecular flexibility index (Phi) is 10.3. The van der Waals surface area contributed by atoms with Crippen LogP contribution in [-0.2, 0) is 0 Å². The van der Waals surface area contributed by atoms with Gasteiger partial charge in [-0.05, 0) is 24.3 Å². The first-order chi connectivity index (χ1) is 5.81. The Morgan fingerprint density at radius 2 is 1.42 bits per heavy atom. The maximum Gasteiger partial charge on any atom is 0.0720 e. The lowest BCUT2D eigenvalue weighted by molar-refractivity contribution is 0.225. The third-order valence-corrected chi connectivity index (χ3v) is 3.95. The van der Waals surface area contributed by atoms with Gasteiger partial charge in [-0.15, -0.1) is 0 Å². The van der Waals surface area contributed by atoms with Crippen molar-refractivity contribution in [2.75, 3.05) is 23.0 Å². The van der Waals surface area contributed by atoms with Crippen LogP contribution in [0.2, 0.25) is 0 Å². The predicted molar refractivity (Wildman–Crippen MR) is 61.2 cm³/mol. The molecule has 0 saturated heterocycles. The van der Waals surface area contributed by atoms with Crippen molar-refractivity contribution in [1.29, 1.82) is 0 Å². The molecule has 0 heterocycles. The predicted octanol–water partition coefficient (Wildman–Crippen LogP) is 2.63. The van der Waals surface area contributed by atoms with Gasteiger partial charge in [0.2, 0.25) is 0 Å². The smallest absolute Gasteiger partial charge is 0.0720 e. The van der Waals surface area contributed by atoms with Crippen molar-refractivity contribution < 1.29 is 5.11 Å². The highest BCUT2D eigenvalue weighted by Gasteiger charge is 2.02. The molecule has 74 valence electrons. The summed E-state index contributed by atoms with van der Waals surface area (Å²) in [5.74, 6) is 4.17. The summed E-state index contributed by atoms with van der Waals surface area (Å²) in [7, 11) is 0. The van der Waals surface area contributed by atoms with E-state index in [9.17, 15) is 5.11 Å². The molecule has 0 aliphatic heterocycles. The van der Waals surface area contributed by atoms with Gasteiger partial charge in [-0.25, -0.2) is 0 Å². The van der Waals surface area contributed by atoms with E-state index in [2.05, 4.69) is 13.8 Å². The van der Waals surface area contributed by atoms with Crippen LogP contribution in [0.5, 0.6) is 0 Å². The van der Waals surface area contributed by atoms with Crippen molar-refractivity contribution in [3.63, 3.8) is 0 Å². The maximum atomic E-state index is 9.46. The molecular formula is C9H20OS2. The first kappa shape index (κ1) is 12.7. The van der Waals surface area contributed by atoms with Crippen molar-refractivity contribution in [3.05, 3.63) is 0 Å². The molecule has 1 nitrogen and oxygen atoms in total. The third kappa shape index (κ3) is 8.75. The first-order valence-corrected chi connectivity index (χ1v) is 6.95. The zero-order valence-electron chi connectivity index (χ0n) is 8.08. The van der Waals surface area contributed by atoms with Crippen LogP contribution in [0, 0.1) is 0 Å². The summed E-state index contributed by atoms with van der Waals surface area (Å²) in [5.41, 5.74) is 0. The molecule has 0 rings (SSSR count). The molecule has 0 bridgehead atoms. The van der Waals surface area contributed by atoms with Gasteiger partial charge in [0.05, 0.1) is 6.10 Å². The van der Waals surface area contributed by atoms with Crippen molar-refractivity contribution >= 4 is 23.5 Å². The second kappa shape index (κ2) is 9.75. The fourth-order valence-corrected chi connectivity index (χ4v) is 2.62. The van der Waals surface area contributed by atoms with Gasteiger partial charge in [0.25, 0.3) is 0 Å². The van der Waals surface area contributed by atoms with E-state index in [0.717, 1.165) is 11.5 Å². The van der Waals surface area contributed by atoms with Crippen LogP contribution < -0.4 is 0 Å². The summed E-state index contributed by atoms with van der Waals surface area (Å²) in [4.78, 5) is 0. The zero-order chi connectivity index (χ0) is 9.23. The van der Waals surface area contributed by atoms with Crippen LogP contribution in [0.25, 0.3) is 0 Å². The Balaban J connectivity index is 3.04. The summed E-state index contributed by atoms with van der Waals surface area (Å²) in [6.07, 6.45) is 2.32. The van der Waals surface area contributed by atoms with Crippen molar-refractivity contribution in [3.8, 4) is 0 Å². The monoisotopic (exact) mass is 208 g/mol. The number of rotatable bonds is 8. The van der Waals surface area contributed by atoms with Crippen molar-refractivity contribution in [2.45, 2.75) is 32.8 Å². The minimum atomic E-state index is -0.0990. The normalized spacial score (nSPS) is 11.0. The lowest BCUT2D eigenvalue weighted by Gasteiger charge is -2.08. The van der Waals surface area contributed by atoms with Crippen LogP contribution in [0.1, 0.15) is 26.7 Å². The molecule has 0 amide bonds. The molecular weight excluding hydrogens is 188 g/mol. The van der Waals surface area contributed by atoms with E-state index < -0.39 is 0 Å². The molecule has 0 unspecified atom stereocenters. The molecule has 0 spiro atoms. The topological polar surface area (TPSA) is 20.2 Å². The van der Waals surface area contributed by atoms with Crippen LogP contribution in [0.3, 0.4) is 0 Å². The van der Waals surface area contributed by atoms with E-state index in [1.807, 2.05) is 23.5 Å². The summed E-state index contributed by atoms with van der Waals surface area (Å²) >= 11 is 3.71. The number of aliphatic hydroxyl groups is 1. The fraction of sp³-hybridized carbons (Fsp3) is 1.00. The highest BCUT2D eigenvalue weighted by molar-refractivity contribution is 8.00. The minimum absolute atomic E-state index is 0.0990. The Labute approximate surface area is 84.7 Å². The SMILES string of the molecule is CCCSCC(O)CSCCC. The lowest BCUT2D eigenvalue weighted by Crippen LogP contribution is -2.13. The highest BCUT2D eigenvalue weighted by atomic mass is 32.2. The molecule has 0 saturated carbocycles. The van der Waals surface area contributed by atoms with Crippen LogP contribution >= 0.6 is 23.5 Å². The van der Waals surface area contributed by atoms with E-state index in [1.54, 1.807) is 0 Å². The zero-order valence-corrected chi connectivity index (χ0v) is 9.72. The number of aliphatic hydroxyl groups excluding tert-OH is 1. The van der Waals surface area contributed by atoms with Gasteiger partial charge in [0.15, 0.2) is 0 Å². The molecule has 0 radical (unpaired) electrons. The van der Waals surface area contributed by atoms with Crippen LogP contribution in [0.15, 0.2) is 0 Å². The Bertz CT molecular complexity index is 78.6. The van der Waals surface area contributed by atoms with Gasteiger partial charge in [0, 0.05) is 11.5 Å². The van der Waals surface area contributed by atoms with Gasteiger partial charge < -0.3 is 5.11 Å². The van der Waals surface area contributed by atoms with E-state index in [0.29, 0.717) is 0 Å². The molecule has 0 aliphatic rings. The van der Waals surface area contributed by atoms with Crippen molar-refractivity contribution in [2.24, 2.45) is 0 Å². The highest BCUT2D eigenvalue weighted by Crippen LogP contribution is 2.10. The Hall–Kier alpha value is 0.660. The molecule has 0 aromatic rings. The van der Waals surface area contributed by atoms with Gasteiger partial charge in [-0.3, -0.25) is 0 Å². The average Bonchev–Trinajstić information content (AvgIpc) is 2.06. The van der Waals surface area contributed by atoms with E-state index in [4.69, 9.17) is 0 Å². The fourth-order valence-electron chi connectivity index (χ4n) is 0.776. The molecule has 0 aliphatic carbocycles. The van der Waals surface area contributed by atoms with E-state index >= 15 is 0 Å². The minimum Gasteiger partial charge on any atom is -0.391 e. The molecule has 0 aromatic heterocycles. The number of thioether (sulfide) groups is 2. The number of hydrogen-bond donors (Lipinski definition) is 1. The molecule has 0 aromatic carbocycles. The largest absolute Gasteiger partial charge is 0.391 e. The average molecular weight is 208 g/mol. The summed E-state index contributed by atoms with van der Waals surface area (Å²) in [6.45, 7) is 4.34. The molecule has 12 heavy (non-hydrogen) atoms. The maximum absolute atomic E-state index is 9.46. The summed E-state index contributed by atoms with van der Waals surface area (Å²) in [6, 6.07) is 0. The standard InChI is InChI=1S/C9H20OS2/c1-3-5-11-7-9(10)8-12-6-4-2/h9-10H,3-8H2,1-2H3.